The second-order valence-electron chi connectivity index (χ2n) is 5.63. The fourth-order valence-corrected chi connectivity index (χ4v) is 3.44. The lowest BCUT2D eigenvalue weighted by Gasteiger charge is -2.17. The lowest BCUT2D eigenvalue weighted by Crippen LogP contribution is -2.25. The van der Waals surface area contributed by atoms with Gasteiger partial charge in [0, 0.05) is 17.6 Å². The third-order valence-electron chi connectivity index (χ3n) is 3.72. The number of carbonyl (C=O) groups is 1. The number of rotatable bonds is 8. The Morgan fingerprint density at radius 1 is 1.11 bits per heavy atom. The van der Waals surface area contributed by atoms with E-state index in [1.54, 1.807) is 50.6 Å². The first-order valence-corrected chi connectivity index (χ1v) is 10.8. The molecule has 0 aliphatic carbocycles. The molecule has 146 valence electrons. The Balaban J connectivity index is 2.00. The van der Waals surface area contributed by atoms with Gasteiger partial charge in [0.05, 0.1) is 31.9 Å². The molecule has 0 aromatic heterocycles. The largest absolute Gasteiger partial charge is 0.493 e. The number of amides is 1. The van der Waals surface area contributed by atoms with Crippen molar-refractivity contribution in [2.75, 3.05) is 42.9 Å². The zero-order valence-corrected chi connectivity index (χ0v) is 17.2. The van der Waals surface area contributed by atoms with E-state index in [9.17, 15) is 13.2 Å². The highest BCUT2D eigenvalue weighted by Gasteiger charge is 2.13. The van der Waals surface area contributed by atoms with Crippen LogP contribution in [0.4, 0.5) is 11.4 Å². The molecular formula is C18H22N2O5S2. The van der Waals surface area contributed by atoms with Gasteiger partial charge in [-0.1, -0.05) is 6.07 Å². The van der Waals surface area contributed by atoms with Crippen molar-refractivity contribution < 1.29 is 22.7 Å². The topological polar surface area (TPSA) is 84.9 Å². The van der Waals surface area contributed by atoms with Crippen LogP contribution < -0.4 is 19.1 Å². The Morgan fingerprint density at radius 3 is 2.44 bits per heavy atom. The van der Waals surface area contributed by atoms with E-state index in [0.717, 1.165) is 15.5 Å². The molecule has 0 bridgehead atoms. The first-order chi connectivity index (χ1) is 12.7. The van der Waals surface area contributed by atoms with Crippen molar-refractivity contribution in [3.05, 3.63) is 42.5 Å². The molecule has 1 N–H and O–H groups in total. The first kappa shape index (κ1) is 20.9. The summed E-state index contributed by atoms with van der Waals surface area (Å²) >= 11 is 1.36. The fraction of sp³-hybridized carbons (Fsp3) is 0.278. The predicted octanol–water partition coefficient (Wildman–Crippen LogP) is 2.83. The molecule has 7 nitrogen and oxygen atoms in total. The van der Waals surface area contributed by atoms with E-state index in [-0.39, 0.29) is 11.7 Å². The highest BCUT2D eigenvalue weighted by atomic mass is 32.2. The van der Waals surface area contributed by atoms with Gasteiger partial charge in [-0.2, -0.15) is 0 Å². The summed E-state index contributed by atoms with van der Waals surface area (Å²) in [6.07, 6.45) is 1.12. The van der Waals surface area contributed by atoms with Crippen molar-refractivity contribution >= 4 is 39.1 Å². The lowest BCUT2D eigenvalue weighted by atomic mass is 10.3. The Kier molecular flexibility index (Phi) is 6.98. The molecule has 2 rings (SSSR count). The minimum absolute atomic E-state index is 0.196. The SMILES string of the molecule is COc1ccc(SCC(=O)Nc2cccc(N(C)S(C)(=O)=O)c2)cc1OC. The number of carbonyl (C=O) groups excluding carboxylic acids is 1. The van der Waals surface area contributed by atoms with E-state index in [1.165, 1.54) is 18.8 Å². The number of benzene rings is 2. The van der Waals surface area contributed by atoms with Gasteiger partial charge in [0.1, 0.15) is 0 Å². The van der Waals surface area contributed by atoms with Gasteiger partial charge in [-0.15, -0.1) is 11.8 Å². The maximum atomic E-state index is 12.2. The van der Waals surface area contributed by atoms with E-state index in [2.05, 4.69) is 5.32 Å². The summed E-state index contributed by atoms with van der Waals surface area (Å²) in [4.78, 5) is 13.1. The average molecular weight is 411 g/mol. The van der Waals surface area contributed by atoms with Gasteiger partial charge >= 0.3 is 0 Å². The molecule has 0 unspecified atom stereocenters. The van der Waals surface area contributed by atoms with Crippen LogP contribution in [0.1, 0.15) is 0 Å². The molecule has 2 aromatic carbocycles. The van der Waals surface area contributed by atoms with Crippen LogP contribution in [0.3, 0.4) is 0 Å². The maximum Gasteiger partial charge on any atom is 0.234 e. The number of hydrogen-bond donors (Lipinski definition) is 1. The van der Waals surface area contributed by atoms with E-state index < -0.39 is 10.0 Å². The molecule has 0 aliphatic rings. The minimum atomic E-state index is -3.37. The van der Waals surface area contributed by atoms with Crippen molar-refractivity contribution in [1.82, 2.24) is 0 Å². The fourth-order valence-electron chi connectivity index (χ4n) is 2.22. The average Bonchev–Trinajstić information content (AvgIpc) is 2.64. The van der Waals surface area contributed by atoms with Crippen LogP contribution >= 0.6 is 11.8 Å². The standard InChI is InChI=1S/C18H22N2O5S2/c1-20(27(4,22)23)14-7-5-6-13(10-14)19-18(21)12-26-15-8-9-16(24-2)17(11-15)25-3/h5-11H,12H2,1-4H3,(H,19,21). The Morgan fingerprint density at radius 2 is 1.81 bits per heavy atom. The highest BCUT2D eigenvalue weighted by Crippen LogP contribution is 2.32. The van der Waals surface area contributed by atoms with Gasteiger partial charge in [0.25, 0.3) is 0 Å². The second kappa shape index (κ2) is 9.01. The molecule has 0 radical (unpaired) electrons. The normalized spacial score (nSPS) is 11.0. The van der Waals surface area contributed by atoms with Crippen molar-refractivity contribution in [1.29, 1.82) is 0 Å². The van der Waals surface area contributed by atoms with Gasteiger partial charge in [-0.05, 0) is 36.4 Å². The molecule has 0 heterocycles. The lowest BCUT2D eigenvalue weighted by molar-refractivity contribution is -0.113. The first-order valence-electron chi connectivity index (χ1n) is 7.93. The van der Waals surface area contributed by atoms with Crippen molar-refractivity contribution in [2.45, 2.75) is 4.90 Å². The summed E-state index contributed by atoms with van der Waals surface area (Å²) in [6.45, 7) is 0. The molecule has 0 spiro atoms. The van der Waals surface area contributed by atoms with Crippen molar-refractivity contribution in [3.8, 4) is 11.5 Å². The second-order valence-corrected chi connectivity index (χ2v) is 8.70. The molecule has 0 fully saturated rings. The number of anilines is 2. The zero-order valence-electron chi connectivity index (χ0n) is 15.6. The number of ether oxygens (including phenoxy) is 2. The molecule has 1 amide bonds. The molecule has 2 aromatic rings. The van der Waals surface area contributed by atoms with Crippen LogP contribution in [-0.2, 0) is 14.8 Å². The van der Waals surface area contributed by atoms with E-state index in [4.69, 9.17) is 9.47 Å². The molecule has 0 saturated heterocycles. The summed E-state index contributed by atoms with van der Waals surface area (Å²) in [7, 11) is 1.21. The van der Waals surface area contributed by atoms with Crippen molar-refractivity contribution in [2.24, 2.45) is 0 Å². The predicted molar refractivity (Wildman–Crippen MR) is 109 cm³/mol. The molecule has 9 heteroatoms. The molecule has 0 atom stereocenters. The van der Waals surface area contributed by atoms with E-state index in [1.807, 2.05) is 6.07 Å². The number of nitrogens with one attached hydrogen (secondary N) is 1. The van der Waals surface area contributed by atoms with Gasteiger partial charge in [0.2, 0.25) is 15.9 Å². The van der Waals surface area contributed by atoms with E-state index in [0.29, 0.717) is 22.9 Å². The van der Waals surface area contributed by atoms with Gasteiger partial charge in [-0.3, -0.25) is 9.10 Å². The van der Waals surface area contributed by atoms with Crippen LogP contribution in [0.2, 0.25) is 0 Å². The monoisotopic (exact) mass is 410 g/mol. The van der Waals surface area contributed by atoms with E-state index >= 15 is 0 Å². The molecule has 27 heavy (non-hydrogen) atoms. The summed E-state index contributed by atoms with van der Waals surface area (Å²) in [5.74, 6) is 1.22. The Hall–Kier alpha value is -2.39. The number of nitrogens with zero attached hydrogens (tertiary/aromatic N) is 1. The molecule has 0 saturated carbocycles. The molecule has 0 aliphatic heterocycles. The van der Waals surface area contributed by atoms with Crippen LogP contribution in [0.25, 0.3) is 0 Å². The maximum absolute atomic E-state index is 12.2. The van der Waals surface area contributed by atoms with Crippen LogP contribution in [0, 0.1) is 0 Å². The third-order valence-corrected chi connectivity index (χ3v) is 5.92. The Labute approximate surface area is 163 Å². The number of thioether (sulfide) groups is 1. The quantitative estimate of drug-likeness (QED) is 0.674. The van der Waals surface area contributed by atoms with Gasteiger partial charge in [-0.25, -0.2) is 8.42 Å². The smallest absolute Gasteiger partial charge is 0.234 e. The van der Waals surface area contributed by atoms with Crippen molar-refractivity contribution in [3.63, 3.8) is 0 Å². The third kappa shape index (κ3) is 5.80. The van der Waals surface area contributed by atoms with Crippen LogP contribution in [-0.4, -0.2) is 47.6 Å². The van der Waals surface area contributed by atoms with Gasteiger partial charge < -0.3 is 14.8 Å². The zero-order chi connectivity index (χ0) is 20.0. The minimum Gasteiger partial charge on any atom is -0.493 e. The van der Waals surface area contributed by atoms with Crippen LogP contribution in [0.15, 0.2) is 47.4 Å². The number of methoxy groups -OCH3 is 2. The van der Waals surface area contributed by atoms with Gasteiger partial charge in [0.15, 0.2) is 11.5 Å². The summed E-state index contributed by atoms with van der Waals surface area (Å²) in [5, 5.41) is 2.77. The number of hydrogen-bond acceptors (Lipinski definition) is 6. The Bertz CT molecular complexity index is 916. The summed E-state index contributed by atoms with van der Waals surface area (Å²) in [6, 6.07) is 12.1. The summed E-state index contributed by atoms with van der Waals surface area (Å²) < 4.78 is 34.9. The van der Waals surface area contributed by atoms with Crippen LogP contribution in [0.5, 0.6) is 11.5 Å². The summed E-state index contributed by atoms with van der Waals surface area (Å²) in [5.41, 5.74) is 1.00. The highest BCUT2D eigenvalue weighted by molar-refractivity contribution is 8.00. The number of sulfonamides is 1. The molecular weight excluding hydrogens is 388 g/mol.